The summed E-state index contributed by atoms with van der Waals surface area (Å²) >= 11 is 6.41. The molecule has 0 fully saturated rings. The average Bonchev–Trinajstić information content (AvgIpc) is 3.00. The van der Waals surface area contributed by atoms with E-state index in [1.807, 2.05) is 0 Å². The number of benzene rings is 2. The highest BCUT2D eigenvalue weighted by atomic mass is 35.5. The molecule has 0 radical (unpaired) electrons. The Balaban J connectivity index is 1.67. The second-order valence-corrected chi connectivity index (χ2v) is 6.72. The molecule has 2 heterocycles. The normalized spacial score (nSPS) is 11.4. The van der Waals surface area contributed by atoms with Crippen molar-refractivity contribution in [2.45, 2.75) is 6.92 Å². The van der Waals surface area contributed by atoms with Crippen LogP contribution in [0.25, 0.3) is 22.7 Å². The highest BCUT2D eigenvalue weighted by Gasteiger charge is 2.15. The van der Waals surface area contributed by atoms with Crippen molar-refractivity contribution in [2.75, 3.05) is 0 Å². The van der Waals surface area contributed by atoms with Crippen molar-refractivity contribution in [3.63, 3.8) is 0 Å². The minimum atomic E-state index is -0.705. The SMILES string of the molecule is Cc1nn(-c2ccc(F)cc2)c(Cl)c1/C=C/C(=O)c1cc2ccccc2oc1=O. The highest BCUT2D eigenvalue weighted by molar-refractivity contribution is 6.31. The largest absolute Gasteiger partial charge is 0.422 e. The van der Waals surface area contributed by atoms with Gasteiger partial charge < -0.3 is 4.42 Å². The number of hydrogen-bond donors (Lipinski definition) is 0. The third kappa shape index (κ3) is 3.62. The molecule has 2 aromatic carbocycles. The Morgan fingerprint density at radius 3 is 2.66 bits per heavy atom. The number of para-hydroxylation sites is 1. The molecule has 0 atom stereocenters. The number of hydrogen-bond acceptors (Lipinski definition) is 4. The van der Waals surface area contributed by atoms with E-state index in [1.54, 1.807) is 43.3 Å². The number of halogens is 2. The molecule has 0 aliphatic heterocycles. The number of ketones is 1. The van der Waals surface area contributed by atoms with Gasteiger partial charge >= 0.3 is 5.63 Å². The van der Waals surface area contributed by atoms with Gasteiger partial charge in [-0.2, -0.15) is 5.10 Å². The van der Waals surface area contributed by atoms with Gasteiger partial charge in [0, 0.05) is 10.9 Å². The lowest BCUT2D eigenvalue weighted by molar-refractivity contribution is 0.104. The van der Waals surface area contributed by atoms with E-state index in [4.69, 9.17) is 16.0 Å². The lowest BCUT2D eigenvalue weighted by Gasteiger charge is -2.02. The maximum atomic E-state index is 13.1. The first-order valence-electron chi connectivity index (χ1n) is 8.70. The van der Waals surface area contributed by atoms with Crippen LogP contribution in [-0.4, -0.2) is 15.6 Å². The summed E-state index contributed by atoms with van der Waals surface area (Å²) in [6.45, 7) is 1.74. The van der Waals surface area contributed by atoms with Gasteiger partial charge in [-0.1, -0.05) is 29.8 Å². The summed E-state index contributed by atoms with van der Waals surface area (Å²) in [7, 11) is 0. The minimum Gasteiger partial charge on any atom is -0.422 e. The van der Waals surface area contributed by atoms with Crippen LogP contribution in [0.15, 0.2) is 69.9 Å². The number of aryl methyl sites for hydroxylation is 1. The molecule has 2 aromatic heterocycles. The Morgan fingerprint density at radius 2 is 1.90 bits per heavy atom. The number of carbonyl (C=O) groups is 1. The van der Waals surface area contributed by atoms with Gasteiger partial charge in [0.2, 0.25) is 0 Å². The van der Waals surface area contributed by atoms with Crippen LogP contribution in [0.5, 0.6) is 0 Å². The second-order valence-electron chi connectivity index (χ2n) is 6.36. The predicted octanol–water partition coefficient (Wildman–Crippen LogP) is 4.98. The fraction of sp³-hybridized carbons (Fsp3) is 0.0455. The standard InChI is InChI=1S/C22H14ClFN2O3/c1-13-17(21(23)26(25-13)16-8-6-15(24)7-9-16)10-11-19(27)18-12-14-4-2-3-5-20(14)29-22(18)28/h2-12H,1H3/b11-10+. The van der Waals surface area contributed by atoms with Crippen LogP contribution in [0.1, 0.15) is 21.6 Å². The quantitative estimate of drug-likeness (QED) is 0.271. The molecule has 4 rings (SSSR count). The Bertz CT molecular complexity index is 1320. The molecule has 0 aliphatic rings. The fourth-order valence-electron chi connectivity index (χ4n) is 2.94. The summed E-state index contributed by atoms with van der Waals surface area (Å²) in [5, 5.41) is 5.26. The smallest absolute Gasteiger partial charge is 0.347 e. The van der Waals surface area contributed by atoms with E-state index < -0.39 is 11.4 Å². The molecule has 29 heavy (non-hydrogen) atoms. The number of aromatic nitrogens is 2. The van der Waals surface area contributed by atoms with Crippen molar-refractivity contribution in [3.05, 3.63) is 98.9 Å². The molecule has 4 aromatic rings. The summed E-state index contributed by atoms with van der Waals surface area (Å²) in [5.74, 6) is -0.872. The lowest BCUT2D eigenvalue weighted by Crippen LogP contribution is -2.11. The maximum Gasteiger partial charge on any atom is 0.347 e. The number of fused-ring (bicyclic) bond motifs is 1. The second kappa shape index (κ2) is 7.48. The summed E-state index contributed by atoms with van der Waals surface area (Å²) in [6, 6.07) is 14.2. The molecule has 5 nitrogen and oxygen atoms in total. The first-order valence-corrected chi connectivity index (χ1v) is 9.08. The molecule has 0 unspecified atom stereocenters. The van der Waals surface area contributed by atoms with Crippen molar-refractivity contribution in [2.24, 2.45) is 0 Å². The van der Waals surface area contributed by atoms with E-state index in [-0.39, 0.29) is 16.5 Å². The number of allylic oxidation sites excluding steroid dienone is 1. The fourth-order valence-corrected chi connectivity index (χ4v) is 3.27. The Kier molecular flexibility index (Phi) is 4.86. The van der Waals surface area contributed by atoms with Crippen LogP contribution >= 0.6 is 11.6 Å². The van der Waals surface area contributed by atoms with Gasteiger partial charge in [-0.3, -0.25) is 4.79 Å². The Labute approximate surface area is 169 Å². The molecule has 7 heteroatoms. The molecule has 0 saturated heterocycles. The zero-order valence-corrected chi connectivity index (χ0v) is 16.0. The molecule has 0 bridgehead atoms. The van der Waals surface area contributed by atoms with Gasteiger partial charge in [0.1, 0.15) is 22.1 Å². The molecule has 0 spiro atoms. The van der Waals surface area contributed by atoms with E-state index in [0.29, 0.717) is 27.9 Å². The van der Waals surface area contributed by atoms with Crippen LogP contribution in [0, 0.1) is 12.7 Å². The van der Waals surface area contributed by atoms with Crippen molar-refractivity contribution in [1.29, 1.82) is 0 Å². The molecular weight excluding hydrogens is 395 g/mol. The van der Waals surface area contributed by atoms with E-state index >= 15 is 0 Å². The van der Waals surface area contributed by atoms with Gasteiger partial charge in [-0.15, -0.1) is 0 Å². The van der Waals surface area contributed by atoms with Crippen molar-refractivity contribution < 1.29 is 13.6 Å². The van der Waals surface area contributed by atoms with Gasteiger partial charge in [0.05, 0.1) is 11.4 Å². The van der Waals surface area contributed by atoms with E-state index in [2.05, 4.69) is 5.10 Å². The number of carbonyl (C=O) groups excluding carboxylic acids is 1. The van der Waals surface area contributed by atoms with Gasteiger partial charge in [-0.05, 0) is 55.5 Å². The van der Waals surface area contributed by atoms with Crippen LogP contribution in [-0.2, 0) is 0 Å². The summed E-state index contributed by atoms with van der Waals surface area (Å²) in [6.07, 6.45) is 2.76. The average molecular weight is 409 g/mol. The zero-order chi connectivity index (χ0) is 20.5. The summed E-state index contributed by atoms with van der Waals surface area (Å²) in [5.41, 5.74) is 1.32. The highest BCUT2D eigenvalue weighted by Crippen LogP contribution is 2.25. The molecular formula is C22H14ClFN2O3. The van der Waals surface area contributed by atoms with Gasteiger partial charge in [0.15, 0.2) is 5.78 Å². The minimum absolute atomic E-state index is 0.0698. The van der Waals surface area contributed by atoms with E-state index in [9.17, 15) is 14.0 Å². The molecule has 0 aliphatic carbocycles. The topological polar surface area (TPSA) is 65.1 Å². The van der Waals surface area contributed by atoms with Gasteiger partial charge in [0.25, 0.3) is 0 Å². The maximum absolute atomic E-state index is 13.1. The van der Waals surface area contributed by atoms with Crippen molar-refractivity contribution >= 4 is 34.4 Å². The number of nitrogens with zero attached hydrogens (tertiary/aromatic N) is 2. The van der Waals surface area contributed by atoms with Crippen molar-refractivity contribution in [1.82, 2.24) is 9.78 Å². The molecule has 0 saturated carbocycles. The summed E-state index contributed by atoms with van der Waals surface area (Å²) in [4.78, 5) is 24.7. The first-order chi connectivity index (χ1) is 13.9. The van der Waals surface area contributed by atoms with Crippen LogP contribution in [0.4, 0.5) is 4.39 Å². The molecule has 0 amide bonds. The monoisotopic (exact) mass is 408 g/mol. The molecule has 0 N–H and O–H groups in total. The summed E-state index contributed by atoms with van der Waals surface area (Å²) < 4.78 is 19.8. The lowest BCUT2D eigenvalue weighted by atomic mass is 10.1. The van der Waals surface area contributed by atoms with E-state index in [1.165, 1.54) is 35.0 Å². The Hall–Kier alpha value is -3.51. The van der Waals surface area contributed by atoms with Crippen molar-refractivity contribution in [3.8, 4) is 5.69 Å². The van der Waals surface area contributed by atoms with E-state index in [0.717, 1.165) is 0 Å². The first kappa shape index (κ1) is 18.8. The number of rotatable bonds is 4. The van der Waals surface area contributed by atoms with Crippen LogP contribution in [0.2, 0.25) is 5.15 Å². The van der Waals surface area contributed by atoms with Gasteiger partial charge in [-0.25, -0.2) is 13.9 Å². The van der Waals surface area contributed by atoms with Crippen LogP contribution in [0.3, 0.4) is 0 Å². The zero-order valence-electron chi connectivity index (χ0n) is 15.2. The Morgan fingerprint density at radius 1 is 1.17 bits per heavy atom. The van der Waals surface area contributed by atoms with Crippen LogP contribution < -0.4 is 5.63 Å². The third-order valence-corrected chi connectivity index (χ3v) is 4.79. The predicted molar refractivity (Wildman–Crippen MR) is 109 cm³/mol. The molecule has 144 valence electrons. The third-order valence-electron chi connectivity index (χ3n) is 4.43.